The largest absolute Gasteiger partial charge is 0.504 e. The summed E-state index contributed by atoms with van der Waals surface area (Å²) in [6.07, 6.45) is 1.28. The van der Waals surface area contributed by atoms with Gasteiger partial charge in [0.25, 0.3) is 11.1 Å². The van der Waals surface area contributed by atoms with E-state index in [1.807, 2.05) is 0 Å². The Labute approximate surface area is 174 Å². The number of amides is 3. The van der Waals surface area contributed by atoms with E-state index in [-0.39, 0.29) is 32.7 Å². The van der Waals surface area contributed by atoms with E-state index < -0.39 is 29.4 Å². The van der Waals surface area contributed by atoms with Crippen LogP contribution < -0.4 is 10.1 Å². The maximum Gasteiger partial charge on any atom is 0.294 e. The van der Waals surface area contributed by atoms with Gasteiger partial charge in [-0.25, -0.2) is 4.39 Å². The maximum atomic E-state index is 13.6. The summed E-state index contributed by atoms with van der Waals surface area (Å²) >= 11 is 6.57. The molecule has 0 bridgehead atoms. The zero-order valence-corrected chi connectivity index (χ0v) is 16.5. The monoisotopic (exact) mass is 436 g/mol. The molecule has 7 nitrogen and oxygen atoms in total. The zero-order valence-electron chi connectivity index (χ0n) is 14.9. The highest BCUT2D eigenvalue weighted by Gasteiger charge is 2.36. The van der Waals surface area contributed by atoms with E-state index >= 15 is 0 Å². The second-order valence-corrected chi connectivity index (χ2v) is 7.27. The van der Waals surface area contributed by atoms with Crippen molar-refractivity contribution in [1.82, 2.24) is 4.90 Å². The summed E-state index contributed by atoms with van der Waals surface area (Å²) in [5.74, 6) is -2.23. The third kappa shape index (κ3) is 4.52. The second-order valence-electron chi connectivity index (χ2n) is 5.84. The van der Waals surface area contributed by atoms with Crippen molar-refractivity contribution in [3.8, 4) is 11.5 Å². The van der Waals surface area contributed by atoms with Crippen LogP contribution in [0.15, 0.2) is 41.3 Å². The van der Waals surface area contributed by atoms with Crippen LogP contribution in [0, 0.1) is 5.82 Å². The highest BCUT2D eigenvalue weighted by atomic mass is 35.5. The maximum absolute atomic E-state index is 13.6. The Morgan fingerprint density at radius 3 is 2.76 bits per heavy atom. The number of ether oxygens (including phenoxy) is 1. The lowest BCUT2D eigenvalue weighted by molar-refractivity contribution is -0.127. The fourth-order valence-electron chi connectivity index (χ4n) is 2.53. The topological polar surface area (TPSA) is 95.9 Å². The summed E-state index contributed by atoms with van der Waals surface area (Å²) in [6.45, 7) is -0.582. The number of nitrogens with one attached hydrogen (secondary N) is 1. The molecular weight excluding hydrogens is 423 g/mol. The molecule has 0 spiro atoms. The van der Waals surface area contributed by atoms with Gasteiger partial charge in [-0.1, -0.05) is 23.7 Å². The van der Waals surface area contributed by atoms with Gasteiger partial charge in [0.15, 0.2) is 11.5 Å². The van der Waals surface area contributed by atoms with Crippen LogP contribution in [0.1, 0.15) is 5.56 Å². The van der Waals surface area contributed by atoms with Gasteiger partial charge in [0.05, 0.1) is 17.7 Å². The molecule has 0 unspecified atom stereocenters. The van der Waals surface area contributed by atoms with Crippen molar-refractivity contribution in [2.45, 2.75) is 0 Å². The Hall–Kier alpha value is -3.04. The molecule has 0 saturated carbocycles. The van der Waals surface area contributed by atoms with E-state index in [4.69, 9.17) is 16.3 Å². The first-order valence-corrected chi connectivity index (χ1v) is 9.36. The van der Waals surface area contributed by atoms with Crippen molar-refractivity contribution >= 4 is 52.2 Å². The average molecular weight is 437 g/mol. The molecule has 1 saturated heterocycles. The van der Waals surface area contributed by atoms with Crippen LogP contribution in [-0.2, 0) is 9.59 Å². The first-order chi connectivity index (χ1) is 13.8. The molecule has 1 aliphatic heterocycles. The van der Waals surface area contributed by atoms with Crippen molar-refractivity contribution in [1.29, 1.82) is 0 Å². The number of halogens is 2. The lowest BCUT2D eigenvalue weighted by atomic mass is 10.1. The molecule has 1 aliphatic rings. The van der Waals surface area contributed by atoms with Gasteiger partial charge < -0.3 is 15.2 Å². The number of thioether (sulfide) groups is 1. The van der Waals surface area contributed by atoms with Gasteiger partial charge >= 0.3 is 0 Å². The van der Waals surface area contributed by atoms with Gasteiger partial charge in [-0.05, 0) is 36.0 Å². The number of phenols is 1. The van der Waals surface area contributed by atoms with E-state index in [9.17, 15) is 23.9 Å². The van der Waals surface area contributed by atoms with Crippen LogP contribution >= 0.6 is 23.4 Å². The second kappa shape index (κ2) is 8.54. The molecule has 2 aromatic carbocycles. The predicted molar refractivity (Wildman–Crippen MR) is 107 cm³/mol. The Morgan fingerprint density at radius 1 is 1.34 bits per heavy atom. The van der Waals surface area contributed by atoms with Crippen molar-refractivity contribution in [3.05, 3.63) is 57.7 Å². The minimum Gasteiger partial charge on any atom is -0.504 e. The van der Waals surface area contributed by atoms with Crippen molar-refractivity contribution < 1.29 is 28.6 Å². The molecule has 2 aromatic rings. The number of para-hydroxylation sites is 1. The number of anilines is 1. The number of hydrogen-bond donors (Lipinski definition) is 2. The molecule has 0 aliphatic carbocycles. The number of aromatic hydroxyl groups is 1. The van der Waals surface area contributed by atoms with Crippen molar-refractivity contribution in [2.24, 2.45) is 0 Å². The van der Waals surface area contributed by atoms with Gasteiger partial charge in [0, 0.05) is 16.7 Å². The van der Waals surface area contributed by atoms with Crippen LogP contribution in [0.3, 0.4) is 0 Å². The quantitative estimate of drug-likeness (QED) is 0.691. The lowest BCUT2D eigenvalue weighted by Crippen LogP contribution is -2.36. The molecule has 0 radical (unpaired) electrons. The van der Waals surface area contributed by atoms with Crippen LogP contribution in [0.25, 0.3) is 6.08 Å². The van der Waals surface area contributed by atoms with Gasteiger partial charge in [-0.3, -0.25) is 19.3 Å². The van der Waals surface area contributed by atoms with E-state index in [2.05, 4.69) is 5.32 Å². The smallest absolute Gasteiger partial charge is 0.294 e. The fraction of sp³-hybridized carbons (Fsp3) is 0.105. The summed E-state index contributed by atoms with van der Waals surface area (Å²) in [7, 11) is 1.34. The highest BCUT2D eigenvalue weighted by Crippen LogP contribution is 2.38. The minimum absolute atomic E-state index is 0.00619. The van der Waals surface area contributed by atoms with Gasteiger partial charge in [-0.15, -0.1) is 0 Å². The Balaban J connectivity index is 1.78. The third-order valence-electron chi connectivity index (χ3n) is 3.90. The minimum atomic E-state index is -0.731. The number of benzene rings is 2. The predicted octanol–water partition coefficient (Wildman–Crippen LogP) is 3.87. The molecule has 0 aromatic heterocycles. The zero-order chi connectivity index (χ0) is 21.1. The third-order valence-corrected chi connectivity index (χ3v) is 5.02. The molecule has 29 heavy (non-hydrogen) atoms. The van der Waals surface area contributed by atoms with Gasteiger partial charge in [-0.2, -0.15) is 0 Å². The molecule has 2 N–H and O–H groups in total. The van der Waals surface area contributed by atoms with Crippen molar-refractivity contribution in [3.63, 3.8) is 0 Å². The van der Waals surface area contributed by atoms with Crippen LogP contribution in [-0.4, -0.2) is 40.7 Å². The normalized spacial score (nSPS) is 15.1. The summed E-state index contributed by atoms with van der Waals surface area (Å²) in [4.78, 5) is 37.6. The highest BCUT2D eigenvalue weighted by molar-refractivity contribution is 8.18. The number of nitrogens with zero attached hydrogens (tertiary/aromatic N) is 1. The van der Waals surface area contributed by atoms with Gasteiger partial charge in [0.1, 0.15) is 12.4 Å². The Morgan fingerprint density at radius 2 is 2.07 bits per heavy atom. The van der Waals surface area contributed by atoms with Crippen LogP contribution in [0.5, 0.6) is 11.5 Å². The number of carbonyl (C=O) groups is 3. The SMILES string of the molecule is COc1cc(Cl)cc(C=C2SC(=O)N(CC(=O)Nc3ccccc3F)C2=O)c1O. The van der Waals surface area contributed by atoms with Crippen LogP contribution in [0.2, 0.25) is 5.02 Å². The molecule has 10 heteroatoms. The first-order valence-electron chi connectivity index (χ1n) is 8.16. The molecule has 3 amide bonds. The fourth-order valence-corrected chi connectivity index (χ4v) is 3.58. The average Bonchev–Trinajstić information content (AvgIpc) is 2.93. The standard InChI is InChI=1S/C19H14ClFN2O5S/c1-28-14-8-11(20)6-10(17(14)25)7-15-18(26)23(19(27)29-15)9-16(24)22-13-5-3-2-4-12(13)21/h2-8,25H,9H2,1H3,(H,22,24). The molecule has 150 valence electrons. The summed E-state index contributed by atoms with van der Waals surface area (Å²) < 4.78 is 18.6. The molecule has 1 heterocycles. The van der Waals surface area contributed by atoms with E-state index in [1.165, 1.54) is 49.6 Å². The van der Waals surface area contributed by atoms with E-state index in [0.29, 0.717) is 11.8 Å². The molecular formula is C19H14ClFN2O5S. The first kappa shape index (κ1) is 20.7. The summed E-state index contributed by atoms with van der Waals surface area (Å²) in [6, 6.07) is 8.32. The lowest BCUT2D eigenvalue weighted by Gasteiger charge is -2.12. The van der Waals surface area contributed by atoms with Gasteiger partial charge in [0.2, 0.25) is 5.91 Å². The van der Waals surface area contributed by atoms with E-state index in [1.54, 1.807) is 0 Å². The number of rotatable bonds is 5. The molecule has 3 rings (SSSR count). The summed E-state index contributed by atoms with van der Waals surface area (Å²) in [5, 5.41) is 12.1. The Bertz CT molecular complexity index is 1040. The molecule has 0 atom stereocenters. The molecule has 1 fully saturated rings. The number of phenolic OH excluding ortho intramolecular Hbond substituents is 1. The summed E-state index contributed by atoms with van der Waals surface area (Å²) in [5.41, 5.74) is 0.117. The Kier molecular flexibility index (Phi) is 6.09. The number of methoxy groups -OCH3 is 1. The number of imide groups is 1. The van der Waals surface area contributed by atoms with Crippen LogP contribution in [0.4, 0.5) is 14.9 Å². The van der Waals surface area contributed by atoms with E-state index in [0.717, 1.165) is 4.90 Å². The van der Waals surface area contributed by atoms with Crippen molar-refractivity contribution in [2.75, 3.05) is 19.0 Å². The number of hydrogen-bond acceptors (Lipinski definition) is 6. The number of carbonyl (C=O) groups excluding carboxylic acids is 3.